The standard InChI is InChI=1S/C17H20ClN4O3S/c1-21(23)13-6-7-16(20-15-5-3-2-4-14(15)18)17(12-13)26(24,25)22-10-8-19-9-11-22/h2-7,12,19-20H,8-11H2,1H3/q+1. The number of halogens is 1. The molecule has 0 amide bonds. The van der Waals surface area contributed by atoms with E-state index < -0.39 is 10.0 Å². The van der Waals surface area contributed by atoms with Crippen LogP contribution in [0.5, 0.6) is 0 Å². The number of hydrogen-bond acceptors (Lipinski definition) is 5. The number of nitrogens with zero attached hydrogens (tertiary/aromatic N) is 2. The first-order chi connectivity index (χ1) is 12.4. The van der Waals surface area contributed by atoms with Gasteiger partial charge in [0.25, 0.3) is 5.69 Å². The van der Waals surface area contributed by atoms with Crippen LogP contribution >= 0.6 is 11.6 Å². The highest BCUT2D eigenvalue weighted by molar-refractivity contribution is 7.89. The summed E-state index contributed by atoms with van der Waals surface area (Å²) in [6.07, 6.45) is 0. The summed E-state index contributed by atoms with van der Waals surface area (Å²) in [7, 11) is -2.43. The van der Waals surface area contributed by atoms with Crippen LogP contribution in [0.2, 0.25) is 5.02 Å². The summed E-state index contributed by atoms with van der Waals surface area (Å²) in [4.78, 5) is 11.7. The third-order valence-corrected chi connectivity index (χ3v) is 6.43. The predicted octanol–water partition coefficient (Wildman–Crippen LogP) is 2.72. The van der Waals surface area contributed by atoms with Crippen molar-refractivity contribution in [3.63, 3.8) is 0 Å². The van der Waals surface area contributed by atoms with Crippen LogP contribution in [0.15, 0.2) is 47.4 Å². The van der Waals surface area contributed by atoms with Crippen molar-refractivity contribution in [2.75, 3.05) is 38.5 Å². The summed E-state index contributed by atoms with van der Waals surface area (Å²) >= 11 is 6.18. The molecule has 0 aliphatic carbocycles. The Labute approximate surface area is 157 Å². The molecule has 1 aliphatic heterocycles. The quantitative estimate of drug-likeness (QED) is 0.761. The molecular weight excluding hydrogens is 376 g/mol. The lowest BCUT2D eigenvalue weighted by Gasteiger charge is -2.27. The Balaban J connectivity index is 2.07. The number of hydrogen-bond donors (Lipinski definition) is 2. The maximum Gasteiger partial charge on any atom is 0.257 e. The molecule has 0 radical (unpaired) electrons. The molecule has 138 valence electrons. The smallest absolute Gasteiger partial charge is 0.257 e. The van der Waals surface area contributed by atoms with E-state index in [4.69, 9.17) is 11.6 Å². The van der Waals surface area contributed by atoms with E-state index in [-0.39, 0.29) is 10.6 Å². The van der Waals surface area contributed by atoms with Crippen LogP contribution in [0.3, 0.4) is 0 Å². The minimum absolute atomic E-state index is 0.0551. The van der Waals surface area contributed by atoms with Crippen LogP contribution in [-0.4, -0.2) is 50.7 Å². The SMILES string of the molecule is C[N+](=O)c1ccc(Nc2ccccc2Cl)c(S(=O)(=O)N2CCNCC2)c1. The molecule has 2 aromatic rings. The third kappa shape index (κ3) is 3.88. The fourth-order valence-corrected chi connectivity index (χ4v) is 4.55. The van der Waals surface area contributed by atoms with E-state index in [2.05, 4.69) is 10.6 Å². The predicted molar refractivity (Wildman–Crippen MR) is 102 cm³/mol. The minimum atomic E-state index is -3.76. The first-order valence-electron chi connectivity index (χ1n) is 8.17. The number of rotatable bonds is 5. The number of nitrogens with one attached hydrogen (secondary N) is 2. The van der Waals surface area contributed by atoms with Gasteiger partial charge in [0.1, 0.15) is 4.90 Å². The van der Waals surface area contributed by atoms with Crippen molar-refractivity contribution in [2.45, 2.75) is 4.90 Å². The summed E-state index contributed by atoms with van der Waals surface area (Å²) in [5.41, 5.74) is 1.24. The third-order valence-electron chi connectivity index (χ3n) is 4.17. The highest BCUT2D eigenvalue weighted by Gasteiger charge is 2.30. The highest BCUT2D eigenvalue weighted by atomic mass is 35.5. The molecule has 26 heavy (non-hydrogen) atoms. The summed E-state index contributed by atoms with van der Waals surface area (Å²) in [5.74, 6) is 0. The molecule has 1 fully saturated rings. The van der Waals surface area contributed by atoms with Crippen molar-refractivity contribution in [1.29, 1.82) is 0 Å². The van der Waals surface area contributed by atoms with Crippen molar-refractivity contribution < 1.29 is 13.2 Å². The van der Waals surface area contributed by atoms with E-state index >= 15 is 0 Å². The molecule has 0 bridgehead atoms. The van der Waals surface area contributed by atoms with Crippen LogP contribution in [-0.2, 0) is 10.0 Å². The molecular formula is C17H20ClN4O3S+. The number of para-hydroxylation sites is 1. The van der Waals surface area contributed by atoms with Crippen LogP contribution in [0.4, 0.5) is 17.1 Å². The van der Waals surface area contributed by atoms with E-state index in [9.17, 15) is 13.3 Å². The van der Waals surface area contributed by atoms with Gasteiger partial charge in [-0.05, 0) is 18.2 Å². The fraction of sp³-hybridized carbons (Fsp3) is 0.294. The number of nitroso groups, excluding NO2 is 1. The van der Waals surface area contributed by atoms with Gasteiger partial charge in [0.05, 0.1) is 16.4 Å². The van der Waals surface area contributed by atoms with Gasteiger partial charge in [-0.1, -0.05) is 23.7 Å². The molecule has 0 spiro atoms. The minimum Gasteiger partial charge on any atom is -0.353 e. The molecule has 1 saturated heterocycles. The lowest BCUT2D eigenvalue weighted by atomic mass is 10.2. The van der Waals surface area contributed by atoms with Gasteiger partial charge in [-0.25, -0.2) is 8.42 Å². The molecule has 0 atom stereocenters. The van der Waals surface area contributed by atoms with Crippen molar-refractivity contribution in [2.24, 2.45) is 0 Å². The lowest BCUT2D eigenvalue weighted by molar-refractivity contribution is -0.428. The Kier molecular flexibility index (Phi) is 5.57. The number of sulfonamides is 1. The van der Waals surface area contributed by atoms with Crippen LogP contribution in [0, 0.1) is 4.91 Å². The molecule has 2 aromatic carbocycles. The van der Waals surface area contributed by atoms with Gasteiger partial charge in [-0.3, -0.25) is 0 Å². The molecule has 0 saturated carbocycles. The molecule has 7 nitrogen and oxygen atoms in total. The highest BCUT2D eigenvalue weighted by Crippen LogP contribution is 2.33. The second-order valence-electron chi connectivity index (χ2n) is 5.94. The second-order valence-corrected chi connectivity index (χ2v) is 8.25. The Morgan fingerprint density at radius 1 is 1.12 bits per heavy atom. The van der Waals surface area contributed by atoms with E-state index in [1.165, 1.54) is 17.4 Å². The summed E-state index contributed by atoms with van der Waals surface area (Å²) < 4.78 is 28.4. The van der Waals surface area contributed by atoms with Crippen molar-refractivity contribution in [1.82, 2.24) is 9.62 Å². The Morgan fingerprint density at radius 3 is 2.46 bits per heavy atom. The Hall–Kier alpha value is -2.00. The van der Waals surface area contributed by atoms with Gasteiger partial charge in [0.2, 0.25) is 10.0 Å². The van der Waals surface area contributed by atoms with Crippen LogP contribution in [0.25, 0.3) is 0 Å². The molecule has 3 rings (SSSR count). The van der Waals surface area contributed by atoms with Crippen LogP contribution < -0.4 is 10.6 Å². The number of anilines is 2. The first-order valence-corrected chi connectivity index (χ1v) is 9.99. The summed E-state index contributed by atoms with van der Waals surface area (Å²) in [5, 5.41) is 6.69. The van der Waals surface area contributed by atoms with Gasteiger partial charge in [-0.2, -0.15) is 4.31 Å². The van der Waals surface area contributed by atoms with Gasteiger partial charge in [0, 0.05) is 48.0 Å². The first kappa shape index (κ1) is 18.8. The average Bonchev–Trinajstić information content (AvgIpc) is 2.64. The fourth-order valence-electron chi connectivity index (χ4n) is 2.76. The van der Waals surface area contributed by atoms with E-state index in [0.717, 1.165) is 0 Å². The average molecular weight is 396 g/mol. The zero-order valence-electron chi connectivity index (χ0n) is 14.3. The monoisotopic (exact) mass is 395 g/mol. The van der Waals surface area contributed by atoms with Gasteiger partial charge in [-0.15, -0.1) is 0 Å². The zero-order valence-corrected chi connectivity index (χ0v) is 15.8. The normalized spacial score (nSPS) is 15.6. The Bertz CT molecular complexity index is 927. The Morgan fingerprint density at radius 2 is 1.81 bits per heavy atom. The van der Waals surface area contributed by atoms with Gasteiger partial charge in [0.15, 0.2) is 7.05 Å². The largest absolute Gasteiger partial charge is 0.353 e. The molecule has 2 N–H and O–H groups in total. The van der Waals surface area contributed by atoms with Crippen molar-refractivity contribution in [3.8, 4) is 0 Å². The van der Waals surface area contributed by atoms with E-state index in [0.29, 0.717) is 47.3 Å². The summed E-state index contributed by atoms with van der Waals surface area (Å²) in [6.45, 7) is 1.94. The van der Waals surface area contributed by atoms with Crippen LogP contribution in [0.1, 0.15) is 0 Å². The topological polar surface area (TPSA) is 81.5 Å². The van der Waals surface area contributed by atoms with E-state index in [1.807, 2.05) is 0 Å². The summed E-state index contributed by atoms with van der Waals surface area (Å²) in [6, 6.07) is 11.6. The van der Waals surface area contributed by atoms with Gasteiger partial charge >= 0.3 is 0 Å². The lowest BCUT2D eigenvalue weighted by Crippen LogP contribution is -2.46. The molecule has 1 aliphatic rings. The maximum absolute atomic E-state index is 13.2. The number of piperazine rings is 1. The van der Waals surface area contributed by atoms with Gasteiger partial charge < -0.3 is 10.6 Å². The second kappa shape index (κ2) is 7.71. The van der Waals surface area contributed by atoms with Crippen molar-refractivity contribution in [3.05, 3.63) is 52.4 Å². The molecule has 1 heterocycles. The zero-order chi connectivity index (χ0) is 18.7. The number of benzene rings is 2. The molecule has 0 unspecified atom stereocenters. The van der Waals surface area contributed by atoms with Crippen molar-refractivity contribution >= 4 is 38.7 Å². The molecule has 9 heteroatoms. The molecule has 0 aromatic heterocycles. The van der Waals surface area contributed by atoms with E-state index in [1.54, 1.807) is 36.4 Å². The maximum atomic E-state index is 13.2.